The van der Waals surface area contributed by atoms with Crippen LogP contribution in [0.2, 0.25) is 0 Å². The Morgan fingerprint density at radius 3 is 2.67 bits per heavy atom. The SMILES string of the molecule is Cc1c(C(=O)NC[C@@H](c2cccs2)[NH+](C)C)oc2c1ccc1ccccc12. The van der Waals surface area contributed by atoms with Crippen LogP contribution in [0.25, 0.3) is 21.7 Å². The lowest BCUT2D eigenvalue weighted by molar-refractivity contribution is -0.890. The van der Waals surface area contributed by atoms with Crippen molar-refractivity contribution in [1.82, 2.24) is 5.32 Å². The zero-order valence-corrected chi connectivity index (χ0v) is 16.5. The molecule has 0 saturated carbocycles. The van der Waals surface area contributed by atoms with Gasteiger partial charge in [0.2, 0.25) is 0 Å². The Morgan fingerprint density at radius 2 is 1.93 bits per heavy atom. The fourth-order valence-corrected chi connectivity index (χ4v) is 4.47. The Morgan fingerprint density at radius 1 is 1.11 bits per heavy atom. The van der Waals surface area contributed by atoms with Gasteiger partial charge in [0.05, 0.1) is 25.5 Å². The number of carbonyl (C=O) groups excluding carboxylic acids is 1. The predicted octanol–water partition coefficient (Wildman–Crippen LogP) is 3.57. The van der Waals surface area contributed by atoms with Gasteiger partial charge in [0.1, 0.15) is 11.6 Å². The van der Waals surface area contributed by atoms with Gasteiger partial charge in [-0.25, -0.2) is 0 Å². The molecule has 0 spiro atoms. The highest BCUT2D eigenvalue weighted by Crippen LogP contribution is 2.31. The van der Waals surface area contributed by atoms with E-state index in [1.54, 1.807) is 11.3 Å². The van der Waals surface area contributed by atoms with Gasteiger partial charge in [-0.2, -0.15) is 0 Å². The zero-order valence-electron chi connectivity index (χ0n) is 15.7. The summed E-state index contributed by atoms with van der Waals surface area (Å²) in [5.41, 5.74) is 1.67. The van der Waals surface area contributed by atoms with Crippen LogP contribution in [0.3, 0.4) is 0 Å². The lowest BCUT2D eigenvalue weighted by atomic mass is 10.1. The predicted molar refractivity (Wildman–Crippen MR) is 111 cm³/mol. The molecule has 2 heterocycles. The van der Waals surface area contributed by atoms with Gasteiger partial charge in [0, 0.05) is 16.3 Å². The Labute approximate surface area is 162 Å². The van der Waals surface area contributed by atoms with Crippen molar-refractivity contribution in [2.24, 2.45) is 0 Å². The smallest absolute Gasteiger partial charge is 0.287 e. The van der Waals surface area contributed by atoms with E-state index in [1.165, 1.54) is 9.78 Å². The van der Waals surface area contributed by atoms with Crippen LogP contribution in [0.1, 0.15) is 27.0 Å². The third-order valence-corrected chi connectivity index (χ3v) is 6.07. The number of thiophene rings is 1. The molecule has 0 fully saturated rings. The number of benzene rings is 2. The second-order valence-electron chi connectivity index (χ2n) is 7.07. The van der Waals surface area contributed by atoms with E-state index in [0.29, 0.717) is 12.3 Å². The maximum atomic E-state index is 12.9. The minimum Gasteiger partial charge on any atom is -0.450 e. The standard InChI is InChI=1S/C22H22N2O2S/c1-14-16-11-10-15-7-4-5-8-17(15)21(16)26-20(14)22(25)23-13-18(24(2)3)19-9-6-12-27-19/h4-12,18H,13H2,1-3H3,(H,23,25)/p+1/t18-/m0/s1. The molecule has 0 unspecified atom stereocenters. The second kappa shape index (κ2) is 7.18. The van der Waals surface area contributed by atoms with E-state index in [2.05, 4.69) is 43.0 Å². The number of carbonyl (C=O) groups is 1. The van der Waals surface area contributed by atoms with E-state index in [-0.39, 0.29) is 11.9 Å². The van der Waals surface area contributed by atoms with Crippen molar-refractivity contribution in [2.75, 3.05) is 20.6 Å². The first-order valence-corrected chi connectivity index (χ1v) is 9.96. The Bertz CT molecular complexity index is 1100. The van der Waals surface area contributed by atoms with Crippen molar-refractivity contribution in [3.8, 4) is 0 Å². The maximum absolute atomic E-state index is 12.9. The van der Waals surface area contributed by atoms with Crippen molar-refractivity contribution >= 4 is 39.0 Å². The summed E-state index contributed by atoms with van der Waals surface area (Å²) in [5, 5.41) is 8.28. The van der Waals surface area contributed by atoms with Crippen LogP contribution in [0.4, 0.5) is 0 Å². The highest BCUT2D eigenvalue weighted by atomic mass is 32.1. The van der Waals surface area contributed by atoms with E-state index in [0.717, 1.165) is 27.3 Å². The van der Waals surface area contributed by atoms with Crippen LogP contribution in [-0.4, -0.2) is 26.5 Å². The first-order valence-electron chi connectivity index (χ1n) is 9.08. The van der Waals surface area contributed by atoms with Gasteiger partial charge < -0.3 is 14.6 Å². The molecule has 4 rings (SSSR count). The molecule has 1 amide bonds. The third-order valence-electron chi connectivity index (χ3n) is 5.08. The van der Waals surface area contributed by atoms with Gasteiger partial charge >= 0.3 is 0 Å². The van der Waals surface area contributed by atoms with Crippen LogP contribution in [-0.2, 0) is 0 Å². The summed E-state index contributed by atoms with van der Waals surface area (Å²) in [5.74, 6) is 0.246. The Balaban J connectivity index is 1.63. The minimum absolute atomic E-state index is 0.157. The van der Waals surface area contributed by atoms with Crippen LogP contribution < -0.4 is 10.2 Å². The highest BCUT2D eigenvalue weighted by molar-refractivity contribution is 7.10. The molecule has 4 aromatic rings. The molecule has 0 bridgehead atoms. The average Bonchev–Trinajstić information content (AvgIpc) is 3.30. The summed E-state index contributed by atoms with van der Waals surface area (Å²) in [6.45, 7) is 2.52. The van der Waals surface area contributed by atoms with Crippen LogP contribution >= 0.6 is 11.3 Å². The van der Waals surface area contributed by atoms with Gasteiger partial charge in [-0.15, -0.1) is 11.3 Å². The van der Waals surface area contributed by atoms with Gasteiger partial charge in [0.25, 0.3) is 5.91 Å². The fraction of sp³-hybridized carbons (Fsp3) is 0.227. The van der Waals surface area contributed by atoms with E-state index in [4.69, 9.17) is 4.42 Å². The van der Waals surface area contributed by atoms with E-state index in [9.17, 15) is 4.79 Å². The number of nitrogens with one attached hydrogen (secondary N) is 2. The summed E-state index contributed by atoms with van der Waals surface area (Å²) < 4.78 is 6.04. The zero-order chi connectivity index (χ0) is 19.0. The molecule has 0 saturated heterocycles. The molecule has 0 aliphatic carbocycles. The molecule has 138 valence electrons. The van der Waals surface area contributed by atoms with E-state index < -0.39 is 0 Å². The molecule has 27 heavy (non-hydrogen) atoms. The fourth-order valence-electron chi connectivity index (χ4n) is 3.52. The molecule has 0 radical (unpaired) electrons. The number of aryl methyl sites for hydroxylation is 1. The highest BCUT2D eigenvalue weighted by Gasteiger charge is 2.23. The topological polar surface area (TPSA) is 46.7 Å². The molecular weight excluding hydrogens is 356 g/mol. The van der Waals surface area contributed by atoms with Crippen molar-refractivity contribution in [3.63, 3.8) is 0 Å². The summed E-state index contributed by atoms with van der Waals surface area (Å²) in [6, 6.07) is 16.6. The molecule has 5 heteroatoms. The van der Waals surface area contributed by atoms with Crippen molar-refractivity contribution in [1.29, 1.82) is 0 Å². The Hall–Kier alpha value is -2.63. The molecule has 4 nitrogen and oxygen atoms in total. The lowest BCUT2D eigenvalue weighted by Crippen LogP contribution is -3.06. The number of amides is 1. The molecule has 2 aromatic heterocycles. The van der Waals surface area contributed by atoms with Crippen LogP contribution in [0, 0.1) is 6.92 Å². The average molecular weight is 380 g/mol. The number of quaternary nitrogens is 1. The van der Waals surface area contributed by atoms with Gasteiger partial charge in [-0.05, 0) is 23.8 Å². The van der Waals surface area contributed by atoms with Crippen LogP contribution in [0.5, 0.6) is 0 Å². The van der Waals surface area contributed by atoms with Crippen molar-refractivity contribution < 1.29 is 14.1 Å². The largest absolute Gasteiger partial charge is 0.450 e. The maximum Gasteiger partial charge on any atom is 0.287 e. The summed E-state index contributed by atoms with van der Waals surface area (Å²) >= 11 is 1.72. The van der Waals surface area contributed by atoms with Crippen molar-refractivity contribution in [2.45, 2.75) is 13.0 Å². The molecular formula is C22H23N2O2S+. The number of hydrogen-bond donors (Lipinski definition) is 2. The van der Waals surface area contributed by atoms with E-state index >= 15 is 0 Å². The number of fused-ring (bicyclic) bond motifs is 3. The summed E-state index contributed by atoms with van der Waals surface area (Å²) in [4.78, 5) is 15.4. The van der Waals surface area contributed by atoms with Gasteiger partial charge in [-0.3, -0.25) is 4.79 Å². The number of furan rings is 1. The summed E-state index contributed by atoms with van der Waals surface area (Å²) in [7, 11) is 4.21. The monoisotopic (exact) mass is 379 g/mol. The Kier molecular flexibility index (Phi) is 4.72. The lowest BCUT2D eigenvalue weighted by Gasteiger charge is -2.20. The first kappa shape index (κ1) is 17.8. The number of rotatable bonds is 5. The first-order chi connectivity index (χ1) is 13.1. The third kappa shape index (κ3) is 3.24. The van der Waals surface area contributed by atoms with Crippen LogP contribution in [0.15, 0.2) is 58.3 Å². The molecule has 0 aliphatic heterocycles. The molecule has 1 atom stereocenters. The van der Waals surface area contributed by atoms with Crippen molar-refractivity contribution in [3.05, 3.63) is 70.1 Å². The molecule has 2 N–H and O–H groups in total. The normalized spacial score (nSPS) is 12.7. The summed E-state index contributed by atoms with van der Waals surface area (Å²) in [6.07, 6.45) is 0. The molecule has 2 aromatic carbocycles. The number of likely N-dealkylation sites (N-methyl/N-ethyl adjacent to an activating group) is 1. The van der Waals surface area contributed by atoms with Gasteiger partial charge in [0.15, 0.2) is 5.76 Å². The quantitative estimate of drug-likeness (QED) is 0.557. The van der Waals surface area contributed by atoms with Gasteiger partial charge in [-0.1, -0.05) is 42.5 Å². The number of hydrogen-bond acceptors (Lipinski definition) is 3. The second-order valence-corrected chi connectivity index (χ2v) is 8.05. The molecule has 0 aliphatic rings. The minimum atomic E-state index is -0.157. The van der Waals surface area contributed by atoms with E-state index in [1.807, 2.05) is 37.3 Å².